The molecule has 212 valence electrons. The van der Waals surface area contributed by atoms with E-state index in [2.05, 4.69) is 5.32 Å². The molecule has 0 saturated heterocycles. The minimum absolute atomic E-state index is 0.0388. The summed E-state index contributed by atoms with van der Waals surface area (Å²) in [4.78, 5) is 29.1. The van der Waals surface area contributed by atoms with Crippen LogP contribution >= 0.6 is 0 Å². The van der Waals surface area contributed by atoms with Gasteiger partial charge in [0.15, 0.2) is 11.5 Å². The molecular formula is C30H35N3O6S. The largest absolute Gasteiger partial charge is 0.454 e. The second-order valence-corrected chi connectivity index (χ2v) is 11.6. The highest BCUT2D eigenvalue weighted by atomic mass is 32.2. The molecule has 0 fully saturated rings. The summed E-state index contributed by atoms with van der Waals surface area (Å²) in [6.45, 7) is 3.64. The summed E-state index contributed by atoms with van der Waals surface area (Å²) in [6.07, 6.45) is 1.02. The first-order valence-corrected chi connectivity index (χ1v) is 15.0. The lowest BCUT2D eigenvalue weighted by atomic mass is 10.0. The van der Waals surface area contributed by atoms with E-state index >= 15 is 0 Å². The Hall–Kier alpha value is -4.05. The Kier molecular flexibility index (Phi) is 9.65. The SMILES string of the molecule is CCCNC(=O)[C@H](Cc1ccccc1)N(Cc1ccccc1)C(=O)CN(c1ccc2c(c1)OCO2)S(=O)(=O)CC. The fourth-order valence-corrected chi connectivity index (χ4v) is 5.51. The fraction of sp³-hybridized carbons (Fsp3) is 0.333. The van der Waals surface area contributed by atoms with E-state index < -0.39 is 28.5 Å². The minimum Gasteiger partial charge on any atom is -0.454 e. The number of nitrogens with zero attached hydrogens (tertiary/aromatic N) is 2. The fourth-order valence-electron chi connectivity index (χ4n) is 4.46. The number of anilines is 1. The van der Waals surface area contributed by atoms with Crippen molar-refractivity contribution in [2.75, 3.05) is 29.9 Å². The molecule has 1 aliphatic heterocycles. The van der Waals surface area contributed by atoms with E-state index in [1.54, 1.807) is 18.2 Å². The third-order valence-electron chi connectivity index (χ3n) is 6.64. The van der Waals surface area contributed by atoms with Crippen molar-refractivity contribution in [3.63, 3.8) is 0 Å². The Morgan fingerprint density at radius 1 is 0.900 bits per heavy atom. The minimum atomic E-state index is -3.86. The van der Waals surface area contributed by atoms with E-state index in [9.17, 15) is 18.0 Å². The Balaban J connectivity index is 1.72. The summed E-state index contributed by atoms with van der Waals surface area (Å²) in [5.74, 6) is -0.0831. The lowest BCUT2D eigenvalue weighted by Crippen LogP contribution is -2.53. The number of fused-ring (bicyclic) bond motifs is 1. The van der Waals surface area contributed by atoms with Crippen LogP contribution in [0.3, 0.4) is 0 Å². The summed E-state index contributed by atoms with van der Waals surface area (Å²) >= 11 is 0. The van der Waals surface area contributed by atoms with Gasteiger partial charge in [0, 0.05) is 25.6 Å². The molecule has 0 spiro atoms. The number of sulfonamides is 1. The normalized spacial score (nSPS) is 12.9. The molecule has 1 heterocycles. The number of benzene rings is 3. The monoisotopic (exact) mass is 565 g/mol. The zero-order valence-corrected chi connectivity index (χ0v) is 23.6. The number of rotatable bonds is 13. The molecule has 0 aliphatic carbocycles. The van der Waals surface area contributed by atoms with Crippen molar-refractivity contribution in [1.82, 2.24) is 10.2 Å². The Bertz CT molecular complexity index is 1400. The molecule has 0 bridgehead atoms. The molecule has 10 heteroatoms. The van der Waals surface area contributed by atoms with Crippen molar-refractivity contribution in [3.8, 4) is 11.5 Å². The van der Waals surface area contributed by atoms with Gasteiger partial charge in [-0.1, -0.05) is 67.6 Å². The number of ether oxygens (including phenoxy) is 2. The summed E-state index contributed by atoms with van der Waals surface area (Å²) in [7, 11) is -3.86. The van der Waals surface area contributed by atoms with E-state index in [1.807, 2.05) is 67.6 Å². The lowest BCUT2D eigenvalue weighted by molar-refractivity contribution is -0.140. The predicted molar refractivity (Wildman–Crippen MR) is 154 cm³/mol. The van der Waals surface area contributed by atoms with Crippen LogP contribution < -0.4 is 19.1 Å². The van der Waals surface area contributed by atoms with Gasteiger partial charge in [-0.15, -0.1) is 0 Å². The number of hydrogen-bond acceptors (Lipinski definition) is 6. The van der Waals surface area contributed by atoms with Gasteiger partial charge in [-0.2, -0.15) is 0 Å². The highest BCUT2D eigenvalue weighted by molar-refractivity contribution is 7.92. The van der Waals surface area contributed by atoms with Crippen molar-refractivity contribution in [2.45, 2.75) is 39.3 Å². The number of carbonyl (C=O) groups is 2. The summed E-state index contributed by atoms with van der Waals surface area (Å²) in [5, 5.41) is 2.93. The van der Waals surface area contributed by atoms with Crippen LogP contribution in [0.4, 0.5) is 5.69 Å². The standard InChI is InChI=1S/C30H35N3O6S/c1-3-17-31-30(35)26(18-23-11-7-5-8-12-23)32(20-24-13-9-6-10-14-24)29(34)21-33(40(36,37)4-2)25-15-16-27-28(19-25)39-22-38-27/h5-16,19,26H,3-4,17-18,20-22H2,1-2H3,(H,31,35)/t26-/m0/s1. The van der Waals surface area contributed by atoms with Gasteiger partial charge in [-0.25, -0.2) is 8.42 Å². The molecule has 0 aromatic heterocycles. The third kappa shape index (κ3) is 7.12. The number of carbonyl (C=O) groups excluding carboxylic acids is 2. The van der Waals surface area contributed by atoms with E-state index in [-0.39, 0.29) is 37.1 Å². The van der Waals surface area contributed by atoms with E-state index in [1.165, 1.54) is 11.8 Å². The van der Waals surface area contributed by atoms with E-state index in [4.69, 9.17) is 9.47 Å². The number of nitrogens with one attached hydrogen (secondary N) is 1. The van der Waals surface area contributed by atoms with Crippen LogP contribution in [-0.2, 0) is 32.6 Å². The number of amides is 2. The van der Waals surface area contributed by atoms with Gasteiger partial charge >= 0.3 is 0 Å². The molecule has 3 aromatic rings. The predicted octanol–water partition coefficient (Wildman–Crippen LogP) is 3.74. The molecule has 0 saturated carbocycles. The van der Waals surface area contributed by atoms with Gasteiger partial charge in [0.2, 0.25) is 28.6 Å². The first-order valence-electron chi connectivity index (χ1n) is 13.4. The van der Waals surface area contributed by atoms with Crippen molar-refractivity contribution in [1.29, 1.82) is 0 Å². The zero-order valence-electron chi connectivity index (χ0n) is 22.8. The van der Waals surface area contributed by atoms with Crippen LogP contribution in [0.25, 0.3) is 0 Å². The van der Waals surface area contributed by atoms with E-state index in [0.717, 1.165) is 21.9 Å². The molecule has 1 atom stereocenters. The molecule has 9 nitrogen and oxygen atoms in total. The van der Waals surface area contributed by atoms with Crippen LogP contribution in [0.1, 0.15) is 31.4 Å². The molecule has 4 rings (SSSR count). The molecule has 0 unspecified atom stereocenters. The zero-order chi connectivity index (χ0) is 28.5. The van der Waals surface area contributed by atoms with Crippen molar-refractivity contribution in [3.05, 3.63) is 90.0 Å². The van der Waals surface area contributed by atoms with Crippen molar-refractivity contribution in [2.24, 2.45) is 0 Å². The van der Waals surface area contributed by atoms with Gasteiger partial charge in [0.1, 0.15) is 12.6 Å². The molecular weight excluding hydrogens is 530 g/mol. The van der Waals surface area contributed by atoms with Crippen LogP contribution in [0.15, 0.2) is 78.9 Å². The van der Waals surface area contributed by atoms with Gasteiger partial charge in [0.25, 0.3) is 0 Å². The lowest BCUT2D eigenvalue weighted by Gasteiger charge is -2.33. The van der Waals surface area contributed by atoms with Crippen LogP contribution in [-0.4, -0.2) is 56.8 Å². The van der Waals surface area contributed by atoms with Gasteiger partial charge in [0.05, 0.1) is 11.4 Å². The maximum Gasteiger partial charge on any atom is 0.244 e. The topological polar surface area (TPSA) is 105 Å². The molecule has 1 N–H and O–H groups in total. The quantitative estimate of drug-likeness (QED) is 0.339. The Morgan fingerprint density at radius 2 is 1.55 bits per heavy atom. The highest BCUT2D eigenvalue weighted by Crippen LogP contribution is 2.36. The Labute approximate surface area is 235 Å². The maximum atomic E-state index is 14.1. The molecule has 3 aromatic carbocycles. The first-order chi connectivity index (χ1) is 19.3. The average Bonchev–Trinajstić information content (AvgIpc) is 3.45. The van der Waals surface area contributed by atoms with Crippen molar-refractivity contribution >= 4 is 27.5 Å². The molecule has 40 heavy (non-hydrogen) atoms. The molecule has 0 radical (unpaired) electrons. The first kappa shape index (κ1) is 28.9. The second kappa shape index (κ2) is 13.3. The van der Waals surface area contributed by atoms with Crippen LogP contribution in [0.5, 0.6) is 11.5 Å². The summed E-state index contributed by atoms with van der Waals surface area (Å²) in [5.41, 5.74) is 2.00. The van der Waals surface area contributed by atoms with Gasteiger partial charge in [-0.05, 0) is 36.6 Å². The van der Waals surface area contributed by atoms with Gasteiger partial charge in [-0.3, -0.25) is 13.9 Å². The van der Waals surface area contributed by atoms with Crippen LogP contribution in [0, 0.1) is 0 Å². The summed E-state index contributed by atoms with van der Waals surface area (Å²) < 4.78 is 38.4. The smallest absolute Gasteiger partial charge is 0.244 e. The third-order valence-corrected chi connectivity index (χ3v) is 8.38. The maximum absolute atomic E-state index is 14.1. The van der Waals surface area contributed by atoms with E-state index in [0.29, 0.717) is 18.0 Å². The molecule has 1 aliphatic rings. The van der Waals surface area contributed by atoms with Gasteiger partial charge < -0.3 is 19.7 Å². The highest BCUT2D eigenvalue weighted by Gasteiger charge is 2.34. The summed E-state index contributed by atoms with van der Waals surface area (Å²) in [6, 6.07) is 22.7. The number of hydrogen-bond donors (Lipinski definition) is 1. The molecule has 2 amide bonds. The Morgan fingerprint density at radius 3 is 2.20 bits per heavy atom. The second-order valence-electron chi connectivity index (χ2n) is 9.45. The average molecular weight is 566 g/mol. The van der Waals surface area contributed by atoms with Crippen LogP contribution in [0.2, 0.25) is 0 Å². The van der Waals surface area contributed by atoms with Crippen molar-refractivity contribution < 1.29 is 27.5 Å².